The Hall–Kier alpha value is -5.08. The molecule has 2 aromatic rings. The molecule has 0 aliphatic heterocycles. The van der Waals surface area contributed by atoms with Crippen LogP contribution in [0.3, 0.4) is 0 Å². The van der Waals surface area contributed by atoms with Gasteiger partial charge in [-0.15, -0.1) is 6.58 Å². The van der Waals surface area contributed by atoms with Crippen LogP contribution >= 0.6 is 0 Å². The highest BCUT2D eigenvalue weighted by Crippen LogP contribution is 2.35. The normalized spacial score (nSPS) is 22.6. The Morgan fingerprint density at radius 1 is 0.815 bits per heavy atom. The zero-order chi connectivity index (χ0) is 37.5. The SMILES string of the molecule is C=CCC(/C=C/N(C1=CCC(c2ccc(N(C3C=CC(C(=C)/C=C\C)=CC3)C3C=CC(c4ccccc4)=CC3)cc2)C=C1)[C@H]1C=CC=CC1)CCCCC. The molecule has 2 nitrogen and oxygen atoms in total. The smallest absolute Gasteiger partial charge is 0.0553 e. The van der Waals surface area contributed by atoms with E-state index in [2.05, 4.69) is 194 Å². The van der Waals surface area contributed by atoms with E-state index in [-0.39, 0.29) is 12.1 Å². The summed E-state index contributed by atoms with van der Waals surface area (Å²) in [5.41, 5.74) is 8.79. The van der Waals surface area contributed by atoms with Crippen LogP contribution in [0.4, 0.5) is 5.69 Å². The fourth-order valence-electron chi connectivity index (χ4n) is 8.12. The zero-order valence-electron chi connectivity index (χ0n) is 32.6. The Morgan fingerprint density at radius 2 is 1.61 bits per heavy atom. The van der Waals surface area contributed by atoms with Gasteiger partial charge in [-0.3, -0.25) is 0 Å². The van der Waals surface area contributed by atoms with Gasteiger partial charge in [0.15, 0.2) is 0 Å². The van der Waals surface area contributed by atoms with E-state index in [1.54, 1.807) is 0 Å². The highest BCUT2D eigenvalue weighted by Gasteiger charge is 2.27. The summed E-state index contributed by atoms with van der Waals surface area (Å²) >= 11 is 0. The second-order valence-electron chi connectivity index (χ2n) is 15.0. The Bertz CT molecular complexity index is 1870. The Labute approximate surface area is 326 Å². The van der Waals surface area contributed by atoms with Crippen LogP contribution in [0.15, 0.2) is 194 Å². The van der Waals surface area contributed by atoms with Crippen molar-refractivity contribution in [2.45, 2.75) is 95.7 Å². The summed E-state index contributed by atoms with van der Waals surface area (Å²) in [5, 5.41) is 0. The maximum absolute atomic E-state index is 4.29. The minimum absolute atomic E-state index is 0.264. The molecule has 0 bridgehead atoms. The number of hydrogen-bond acceptors (Lipinski definition) is 2. The lowest BCUT2D eigenvalue weighted by Crippen LogP contribution is -2.42. The quantitative estimate of drug-likeness (QED) is 0.0915. The maximum Gasteiger partial charge on any atom is 0.0553 e. The molecular weight excluding hydrogens is 653 g/mol. The van der Waals surface area contributed by atoms with Gasteiger partial charge < -0.3 is 9.80 Å². The summed E-state index contributed by atoms with van der Waals surface area (Å²) in [5.74, 6) is 0.889. The summed E-state index contributed by atoms with van der Waals surface area (Å²) in [6.45, 7) is 12.7. The van der Waals surface area contributed by atoms with Crippen molar-refractivity contribution >= 4 is 11.3 Å². The summed E-state index contributed by atoms with van der Waals surface area (Å²) < 4.78 is 0. The molecule has 2 aromatic carbocycles. The van der Waals surface area contributed by atoms with Crippen LogP contribution in [-0.4, -0.2) is 23.0 Å². The third-order valence-electron chi connectivity index (χ3n) is 11.2. The maximum atomic E-state index is 4.29. The topological polar surface area (TPSA) is 6.48 Å². The van der Waals surface area contributed by atoms with Crippen LogP contribution in [0.5, 0.6) is 0 Å². The Morgan fingerprint density at radius 3 is 2.24 bits per heavy atom. The summed E-state index contributed by atoms with van der Waals surface area (Å²) in [7, 11) is 0. The van der Waals surface area contributed by atoms with E-state index in [1.165, 1.54) is 59.3 Å². The lowest BCUT2D eigenvalue weighted by atomic mass is 9.90. The first-order valence-electron chi connectivity index (χ1n) is 20.4. The third kappa shape index (κ3) is 10.1. The molecule has 0 saturated carbocycles. The van der Waals surface area contributed by atoms with E-state index in [4.69, 9.17) is 0 Å². The molecular formula is C52H60N2. The van der Waals surface area contributed by atoms with Crippen LogP contribution < -0.4 is 4.90 Å². The molecule has 54 heavy (non-hydrogen) atoms. The van der Waals surface area contributed by atoms with Gasteiger partial charge in [0.05, 0.1) is 18.1 Å². The van der Waals surface area contributed by atoms with Gasteiger partial charge in [0, 0.05) is 23.5 Å². The molecule has 2 heteroatoms. The summed E-state index contributed by atoms with van der Waals surface area (Å²) in [6.07, 6.45) is 51.4. The average molecular weight is 713 g/mol. The van der Waals surface area contributed by atoms with E-state index < -0.39 is 0 Å². The summed E-state index contributed by atoms with van der Waals surface area (Å²) in [4.78, 5) is 5.11. The Kier molecular flexibility index (Phi) is 14.2. The van der Waals surface area contributed by atoms with Crippen molar-refractivity contribution in [3.63, 3.8) is 0 Å². The molecule has 4 unspecified atom stereocenters. The molecule has 0 spiro atoms. The van der Waals surface area contributed by atoms with Crippen molar-refractivity contribution < 1.29 is 0 Å². The predicted octanol–water partition coefficient (Wildman–Crippen LogP) is 13.7. The van der Waals surface area contributed by atoms with Crippen molar-refractivity contribution in [1.82, 2.24) is 4.90 Å². The highest BCUT2D eigenvalue weighted by atomic mass is 15.2. The van der Waals surface area contributed by atoms with Crippen molar-refractivity contribution in [1.29, 1.82) is 0 Å². The number of unbranched alkanes of at least 4 members (excludes halogenated alkanes) is 2. The zero-order valence-corrected chi connectivity index (χ0v) is 32.6. The molecule has 278 valence electrons. The summed E-state index contributed by atoms with van der Waals surface area (Å²) in [6, 6.07) is 21.0. The van der Waals surface area contributed by atoms with Crippen molar-refractivity contribution in [3.8, 4) is 0 Å². The molecule has 0 amide bonds. The fourth-order valence-corrected chi connectivity index (χ4v) is 8.12. The molecule has 0 heterocycles. The first-order valence-corrected chi connectivity index (χ1v) is 20.4. The first-order chi connectivity index (χ1) is 26.6. The molecule has 5 atom stereocenters. The first kappa shape index (κ1) is 38.6. The molecule has 0 N–H and O–H groups in total. The molecule has 0 fully saturated rings. The van der Waals surface area contributed by atoms with Gasteiger partial charge in [-0.2, -0.15) is 0 Å². The van der Waals surface area contributed by atoms with Gasteiger partial charge >= 0.3 is 0 Å². The molecule has 0 saturated heterocycles. The number of anilines is 1. The molecule has 4 aliphatic carbocycles. The third-order valence-corrected chi connectivity index (χ3v) is 11.2. The van der Waals surface area contributed by atoms with Crippen molar-refractivity contribution in [3.05, 3.63) is 205 Å². The molecule has 6 rings (SSSR count). The van der Waals surface area contributed by atoms with Crippen molar-refractivity contribution in [2.75, 3.05) is 4.90 Å². The van der Waals surface area contributed by atoms with Gasteiger partial charge in [0.2, 0.25) is 0 Å². The van der Waals surface area contributed by atoms with Crippen LogP contribution in [0.1, 0.15) is 88.7 Å². The monoisotopic (exact) mass is 712 g/mol. The van der Waals surface area contributed by atoms with E-state index >= 15 is 0 Å². The van der Waals surface area contributed by atoms with Crippen LogP contribution in [0, 0.1) is 5.92 Å². The molecule has 0 aromatic heterocycles. The standard InChI is InChI=1S/C52H60N2/c1-5-8-11-18-42(17-7-3)39-40-53(48-21-14-10-15-22-48)49-31-25-46(26-32-49)47-29-37-52(38-30-47)54(50-33-23-43(24-34-50)41(4)16-6-2)51-35-27-45(28-36-51)44-19-12-9-13-20-44/h6-7,9-10,12-16,19-21,23-25,27-33,35,37-40,42,46,48,50-51H,3-5,8,11,17-18,22,26,34,36H2,1-2H3/b16-6-,40-39+/t42?,46?,48-,50?,51?/m0/s1. The number of allylic oxidation sites excluding steroid dienone is 14. The molecule has 4 aliphatic rings. The fraction of sp³-hybridized carbons (Fsp3) is 0.308. The number of rotatable bonds is 17. The largest absolute Gasteiger partial charge is 0.358 e. The second kappa shape index (κ2) is 19.8. The number of benzene rings is 2. The van der Waals surface area contributed by atoms with Crippen LogP contribution in [-0.2, 0) is 0 Å². The van der Waals surface area contributed by atoms with Gasteiger partial charge in [-0.05, 0) is 97.4 Å². The van der Waals surface area contributed by atoms with E-state index in [9.17, 15) is 0 Å². The van der Waals surface area contributed by atoms with Gasteiger partial charge in [0.25, 0.3) is 0 Å². The van der Waals surface area contributed by atoms with Gasteiger partial charge in [-0.25, -0.2) is 0 Å². The van der Waals surface area contributed by atoms with Crippen LogP contribution in [0.2, 0.25) is 0 Å². The highest BCUT2D eigenvalue weighted by molar-refractivity contribution is 5.75. The van der Waals surface area contributed by atoms with E-state index in [1.807, 2.05) is 6.92 Å². The lowest BCUT2D eigenvalue weighted by Gasteiger charge is -2.39. The minimum atomic E-state index is 0.264. The Balaban J connectivity index is 1.18. The van der Waals surface area contributed by atoms with Crippen molar-refractivity contribution in [2.24, 2.45) is 5.92 Å². The number of hydrogen-bond donors (Lipinski definition) is 0. The van der Waals surface area contributed by atoms with E-state index in [0.717, 1.165) is 37.7 Å². The second-order valence-corrected chi connectivity index (χ2v) is 15.0. The minimum Gasteiger partial charge on any atom is -0.358 e. The predicted molar refractivity (Wildman–Crippen MR) is 235 cm³/mol. The van der Waals surface area contributed by atoms with Crippen LogP contribution in [0.25, 0.3) is 5.57 Å². The lowest BCUT2D eigenvalue weighted by molar-refractivity contribution is 0.394. The van der Waals surface area contributed by atoms with Gasteiger partial charge in [-0.1, -0.05) is 172 Å². The van der Waals surface area contributed by atoms with E-state index in [0.29, 0.717) is 17.9 Å². The average Bonchev–Trinajstić information content (AvgIpc) is 3.23. The van der Waals surface area contributed by atoms with Gasteiger partial charge in [0.1, 0.15) is 0 Å². The number of nitrogens with zero attached hydrogens (tertiary/aromatic N) is 2. The molecule has 0 radical (unpaired) electrons.